The summed E-state index contributed by atoms with van der Waals surface area (Å²) in [6, 6.07) is 14.0. The number of aryl methyl sites for hydroxylation is 1. The third-order valence-corrected chi connectivity index (χ3v) is 5.45. The highest BCUT2D eigenvalue weighted by Gasteiger charge is 2.23. The van der Waals surface area contributed by atoms with E-state index in [1.54, 1.807) is 29.7 Å². The van der Waals surface area contributed by atoms with Gasteiger partial charge in [-0.1, -0.05) is 30.2 Å². The van der Waals surface area contributed by atoms with E-state index >= 15 is 0 Å². The normalized spacial score (nSPS) is 11.8. The summed E-state index contributed by atoms with van der Waals surface area (Å²) in [4.78, 5) is 27.0. The molecule has 3 heterocycles. The van der Waals surface area contributed by atoms with Crippen molar-refractivity contribution in [2.75, 3.05) is 11.1 Å². The zero-order valence-electron chi connectivity index (χ0n) is 18.9. The van der Waals surface area contributed by atoms with Gasteiger partial charge in [0, 0.05) is 12.5 Å². The maximum absolute atomic E-state index is 13.8. The van der Waals surface area contributed by atoms with Crippen LogP contribution in [-0.4, -0.2) is 29.7 Å². The average molecular weight is 464 g/mol. The number of benzene rings is 2. The molecule has 1 atom stereocenters. The molecule has 0 aliphatic carbocycles. The first-order valence-corrected chi connectivity index (χ1v) is 10.7. The Morgan fingerprint density at radius 3 is 2.63 bits per heavy atom. The Kier molecular flexibility index (Phi) is 5.43. The van der Waals surface area contributed by atoms with Crippen LogP contribution in [-0.2, 0) is 0 Å². The van der Waals surface area contributed by atoms with Gasteiger partial charge >= 0.3 is 0 Å². The van der Waals surface area contributed by atoms with E-state index in [9.17, 15) is 4.79 Å². The number of nitrogen functional groups attached to an aromatic ring is 1. The van der Waals surface area contributed by atoms with Crippen LogP contribution in [0.25, 0.3) is 28.0 Å². The fraction of sp³-hybridized carbons (Fsp3) is 0.120. The molecule has 0 saturated heterocycles. The van der Waals surface area contributed by atoms with Crippen LogP contribution in [0.4, 0.5) is 11.6 Å². The summed E-state index contributed by atoms with van der Waals surface area (Å²) < 4.78 is 7.11. The predicted molar refractivity (Wildman–Crippen MR) is 132 cm³/mol. The Hall–Kier alpha value is -5.04. The molecule has 0 aliphatic rings. The molecule has 0 saturated carbocycles. The van der Waals surface area contributed by atoms with Crippen molar-refractivity contribution in [3.63, 3.8) is 0 Å². The molecule has 35 heavy (non-hydrogen) atoms. The average Bonchev–Trinajstić information content (AvgIpc) is 3.29. The number of terminal acetylenes is 1. The Morgan fingerprint density at radius 2 is 1.91 bits per heavy atom. The summed E-state index contributed by atoms with van der Waals surface area (Å²) in [5.41, 5.74) is 7.84. The van der Waals surface area contributed by atoms with Gasteiger partial charge in [-0.25, -0.2) is 15.0 Å². The van der Waals surface area contributed by atoms with Gasteiger partial charge in [0.1, 0.15) is 29.4 Å². The van der Waals surface area contributed by atoms with Crippen LogP contribution in [0.5, 0.6) is 0 Å². The fourth-order valence-electron chi connectivity index (χ4n) is 3.87. The maximum atomic E-state index is 13.8. The van der Waals surface area contributed by atoms with Crippen LogP contribution in [0.2, 0.25) is 0 Å². The summed E-state index contributed by atoms with van der Waals surface area (Å²) in [6.45, 7) is 3.54. The second kappa shape index (κ2) is 8.72. The summed E-state index contributed by atoms with van der Waals surface area (Å²) in [5, 5.41) is 11.6. The van der Waals surface area contributed by atoms with Gasteiger partial charge in [-0.05, 0) is 31.2 Å². The lowest BCUT2D eigenvalue weighted by Crippen LogP contribution is -2.28. The Bertz CT molecular complexity index is 1650. The molecule has 3 aromatic heterocycles. The molecule has 5 rings (SSSR count). The molecule has 0 bridgehead atoms. The quantitative estimate of drug-likeness (QED) is 0.375. The molecule has 5 aromatic rings. The minimum atomic E-state index is -0.501. The standard InChI is InChI=1S/C25H20N8O2/c1-4-16-9-8-12-18-19(16)25(34)33(17-10-6-5-7-11-17)23(30-18)14(2)29-22-20(21(26)27-13-28-22)24-32-31-15(3)35-24/h1,5-14H,2-3H3,(H3,26,27,28,29)/t14-/m0/s1. The topological polar surface area (TPSA) is 138 Å². The molecule has 172 valence electrons. The number of nitrogens with zero attached hydrogens (tertiary/aromatic N) is 6. The monoisotopic (exact) mass is 464 g/mol. The predicted octanol–water partition coefficient (Wildman–Crippen LogP) is 3.27. The molecular weight excluding hydrogens is 444 g/mol. The van der Waals surface area contributed by atoms with Crippen LogP contribution < -0.4 is 16.6 Å². The fourth-order valence-corrected chi connectivity index (χ4v) is 3.87. The van der Waals surface area contributed by atoms with Crippen molar-refractivity contribution in [1.82, 2.24) is 29.7 Å². The number of hydrogen-bond acceptors (Lipinski definition) is 9. The van der Waals surface area contributed by atoms with Crippen molar-refractivity contribution in [3.8, 4) is 29.5 Å². The number of nitrogens with one attached hydrogen (secondary N) is 1. The Labute approximate surface area is 199 Å². The van der Waals surface area contributed by atoms with E-state index in [1.807, 2.05) is 37.3 Å². The summed E-state index contributed by atoms with van der Waals surface area (Å²) in [7, 11) is 0. The summed E-state index contributed by atoms with van der Waals surface area (Å²) >= 11 is 0. The summed E-state index contributed by atoms with van der Waals surface area (Å²) in [6.07, 6.45) is 7.00. The van der Waals surface area contributed by atoms with Crippen molar-refractivity contribution in [2.24, 2.45) is 0 Å². The Morgan fingerprint density at radius 1 is 1.11 bits per heavy atom. The van der Waals surface area contributed by atoms with Crippen LogP contribution >= 0.6 is 0 Å². The van der Waals surface area contributed by atoms with Gasteiger partial charge in [-0.2, -0.15) is 0 Å². The van der Waals surface area contributed by atoms with Gasteiger partial charge in [0.05, 0.1) is 22.6 Å². The molecule has 0 aliphatic heterocycles. The first kappa shape index (κ1) is 21.8. The highest BCUT2D eigenvalue weighted by atomic mass is 16.4. The number of aromatic nitrogens is 6. The van der Waals surface area contributed by atoms with Crippen molar-refractivity contribution in [3.05, 3.63) is 82.5 Å². The number of rotatable bonds is 5. The van der Waals surface area contributed by atoms with E-state index in [-0.39, 0.29) is 17.3 Å². The van der Waals surface area contributed by atoms with E-state index < -0.39 is 6.04 Å². The number of nitrogens with two attached hydrogens (primary N) is 1. The second-order valence-corrected chi connectivity index (χ2v) is 7.76. The summed E-state index contributed by atoms with van der Waals surface area (Å²) in [5.74, 6) is 4.13. The minimum absolute atomic E-state index is 0.170. The minimum Gasteiger partial charge on any atom is -0.421 e. The first-order valence-electron chi connectivity index (χ1n) is 10.7. The molecule has 10 heteroatoms. The lowest BCUT2D eigenvalue weighted by molar-refractivity contribution is 0.532. The van der Waals surface area contributed by atoms with E-state index in [4.69, 9.17) is 21.6 Å². The maximum Gasteiger partial charge on any atom is 0.267 e. The van der Waals surface area contributed by atoms with Crippen molar-refractivity contribution >= 4 is 22.5 Å². The number of anilines is 2. The number of fused-ring (bicyclic) bond motifs is 1. The zero-order valence-corrected chi connectivity index (χ0v) is 18.9. The van der Waals surface area contributed by atoms with Gasteiger partial charge in [-0.15, -0.1) is 16.6 Å². The van der Waals surface area contributed by atoms with E-state index in [0.29, 0.717) is 45.3 Å². The molecule has 2 aromatic carbocycles. The van der Waals surface area contributed by atoms with Crippen molar-refractivity contribution in [2.45, 2.75) is 19.9 Å². The van der Waals surface area contributed by atoms with Gasteiger partial charge in [-0.3, -0.25) is 9.36 Å². The van der Waals surface area contributed by atoms with E-state index in [2.05, 4.69) is 31.4 Å². The van der Waals surface area contributed by atoms with Gasteiger partial charge in [0.15, 0.2) is 0 Å². The van der Waals surface area contributed by atoms with Gasteiger partial charge in [0.2, 0.25) is 5.89 Å². The highest BCUT2D eigenvalue weighted by molar-refractivity contribution is 5.84. The third-order valence-electron chi connectivity index (χ3n) is 5.45. The van der Waals surface area contributed by atoms with Crippen molar-refractivity contribution < 1.29 is 4.42 Å². The molecule has 3 N–H and O–H groups in total. The van der Waals surface area contributed by atoms with Crippen LogP contribution in [0.15, 0.2) is 64.1 Å². The molecule has 0 radical (unpaired) electrons. The highest BCUT2D eigenvalue weighted by Crippen LogP contribution is 2.32. The zero-order chi connectivity index (χ0) is 24.5. The van der Waals surface area contributed by atoms with E-state index in [0.717, 1.165) is 0 Å². The SMILES string of the molecule is C#Cc1cccc2nc([C@H](C)Nc3ncnc(N)c3-c3nnc(C)o3)n(-c3ccccc3)c(=O)c12. The first-order chi connectivity index (χ1) is 17.0. The molecule has 0 unspecified atom stereocenters. The van der Waals surface area contributed by atoms with Crippen molar-refractivity contribution in [1.29, 1.82) is 0 Å². The van der Waals surface area contributed by atoms with Crippen LogP contribution in [0.3, 0.4) is 0 Å². The molecule has 10 nitrogen and oxygen atoms in total. The number of hydrogen-bond donors (Lipinski definition) is 2. The second-order valence-electron chi connectivity index (χ2n) is 7.76. The third kappa shape index (κ3) is 3.85. The largest absolute Gasteiger partial charge is 0.421 e. The number of para-hydroxylation sites is 1. The van der Waals surface area contributed by atoms with Gasteiger partial charge < -0.3 is 15.5 Å². The van der Waals surface area contributed by atoms with Gasteiger partial charge in [0.25, 0.3) is 11.4 Å². The van der Waals surface area contributed by atoms with E-state index in [1.165, 1.54) is 6.33 Å². The smallest absolute Gasteiger partial charge is 0.267 e. The lowest BCUT2D eigenvalue weighted by atomic mass is 10.1. The molecular formula is C25H20N8O2. The molecule has 0 spiro atoms. The molecule has 0 fully saturated rings. The molecule has 0 amide bonds. The Balaban J connectivity index is 1.69. The van der Waals surface area contributed by atoms with Crippen LogP contribution in [0.1, 0.15) is 30.2 Å². The lowest BCUT2D eigenvalue weighted by Gasteiger charge is -2.21. The van der Waals surface area contributed by atoms with Crippen LogP contribution in [0, 0.1) is 19.3 Å².